The van der Waals surface area contributed by atoms with Crippen molar-refractivity contribution >= 4 is 21.5 Å². The van der Waals surface area contributed by atoms with E-state index in [1.54, 1.807) is 0 Å². The fourth-order valence-corrected chi connectivity index (χ4v) is 8.51. The number of hydrogen-bond donors (Lipinski definition) is 0. The number of hydrogen-bond acceptors (Lipinski definition) is 2. The summed E-state index contributed by atoms with van der Waals surface area (Å²) in [5.41, 5.74) is 17.4. The fourth-order valence-electron chi connectivity index (χ4n) is 8.51. The van der Waals surface area contributed by atoms with Gasteiger partial charge in [-0.15, -0.1) is 0 Å². The molecule has 10 aromatic rings. The Morgan fingerprint density at radius 2 is 0.804 bits per heavy atom. The molecule has 9 aromatic carbocycles. The zero-order valence-electron chi connectivity index (χ0n) is 30.5. The molecule has 0 aliphatic heterocycles. The Labute approximate surface area is 326 Å². The van der Waals surface area contributed by atoms with Crippen molar-refractivity contribution in [2.75, 3.05) is 0 Å². The predicted molar refractivity (Wildman–Crippen MR) is 234 cm³/mol. The highest BCUT2D eigenvalue weighted by atomic mass is 14.9. The summed E-state index contributed by atoms with van der Waals surface area (Å²) < 4.78 is 0. The van der Waals surface area contributed by atoms with Gasteiger partial charge in [-0.2, -0.15) is 0 Å². The smallest absolute Gasteiger partial charge is 0.160 e. The third-order valence-corrected chi connectivity index (χ3v) is 11.3. The second-order valence-corrected chi connectivity index (χ2v) is 14.5. The van der Waals surface area contributed by atoms with Gasteiger partial charge in [-0.25, -0.2) is 9.97 Å². The van der Waals surface area contributed by atoms with E-state index >= 15 is 0 Å². The minimum Gasteiger partial charge on any atom is -0.228 e. The van der Waals surface area contributed by atoms with Crippen LogP contribution in [0.5, 0.6) is 0 Å². The Morgan fingerprint density at radius 3 is 1.54 bits per heavy atom. The van der Waals surface area contributed by atoms with Crippen LogP contribution >= 0.6 is 0 Å². The van der Waals surface area contributed by atoms with E-state index in [0.29, 0.717) is 5.82 Å². The van der Waals surface area contributed by atoms with Crippen LogP contribution in [0.1, 0.15) is 0 Å². The highest BCUT2D eigenvalue weighted by Crippen LogP contribution is 2.48. The quantitative estimate of drug-likeness (QED) is 0.172. The van der Waals surface area contributed by atoms with E-state index < -0.39 is 0 Å². The van der Waals surface area contributed by atoms with Gasteiger partial charge in [-0.3, -0.25) is 0 Å². The van der Waals surface area contributed by atoms with Crippen LogP contribution in [-0.4, -0.2) is 9.97 Å². The zero-order chi connectivity index (χ0) is 37.0. The first-order valence-corrected chi connectivity index (χ1v) is 19.1. The van der Waals surface area contributed by atoms with E-state index in [4.69, 9.17) is 9.97 Å². The lowest BCUT2D eigenvalue weighted by Crippen LogP contribution is -1.96. The molecule has 0 unspecified atom stereocenters. The SMILES string of the molecule is c1ccc(-c2cc(-c3ccc(-c4c(-c5ccc(-c6ccc7c(c6)-c6cccc8cccc-7c68)cc5)ccc5ccccc45)cc3)nc(-c3ccccc3)n2)cc1. The molecule has 0 amide bonds. The van der Waals surface area contributed by atoms with E-state index in [0.717, 1.165) is 33.6 Å². The summed E-state index contributed by atoms with van der Waals surface area (Å²) in [6, 6.07) is 74.0. The van der Waals surface area contributed by atoms with E-state index in [1.165, 1.54) is 71.6 Å². The Morgan fingerprint density at radius 1 is 0.268 bits per heavy atom. The fraction of sp³-hybridized carbons (Fsp3) is 0. The standard InChI is InChI=1S/C54H34N2/c1-3-12-38(13-4-1)50-34-51(56-54(55-50)42-14-5-2-6-15-42)39-25-27-41(28-26-39)52-44-18-8-7-11-36(44)29-31-45(52)37-23-21-35(22-24-37)43-30-32-46-47-19-9-16-40-17-10-20-48(53(40)47)49(46)33-43/h1-34H. The second-order valence-electron chi connectivity index (χ2n) is 14.5. The predicted octanol–water partition coefficient (Wildman–Crippen LogP) is 14.4. The van der Waals surface area contributed by atoms with Crippen LogP contribution in [0.15, 0.2) is 206 Å². The van der Waals surface area contributed by atoms with Gasteiger partial charge in [0.15, 0.2) is 5.82 Å². The molecule has 2 heteroatoms. The maximum atomic E-state index is 5.08. The highest BCUT2D eigenvalue weighted by molar-refractivity contribution is 6.15. The second kappa shape index (κ2) is 13.2. The first-order chi connectivity index (χ1) is 27.7. The third kappa shape index (κ3) is 5.42. The first kappa shape index (κ1) is 32.0. The Balaban J connectivity index is 0.972. The lowest BCUT2D eigenvalue weighted by Gasteiger charge is -2.16. The largest absolute Gasteiger partial charge is 0.228 e. The number of rotatable bonds is 6. The van der Waals surface area contributed by atoms with E-state index in [1.807, 2.05) is 24.3 Å². The molecule has 11 rings (SSSR count). The van der Waals surface area contributed by atoms with Crippen molar-refractivity contribution in [3.05, 3.63) is 206 Å². The van der Waals surface area contributed by atoms with Crippen LogP contribution < -0.4 is 0 Å². The maximum Gasteiger partial charge on any atom is 0.160 e. The monoisotopic (exact) mass is 710 g/mol. The van der Waals surface area contributed by atoms with E-state index in [9.17, 15) is 0 Å². The van der Waals surface area contributed by atoms with Crippen LogP contribution in [0.4, 0.5) is 0 Å². The minimum atomic E-state index is 0.716. The molecule has 1 aliphatic carbocycles. The molecule has 0 saturated carbocycles. The van der Waals surface area contributed by atoms with Gasteiger partial charge in [0, 0.05) is 16.7 Å². The molecular formula is C54H34N2. The molecule has 1 heterocycles. The topological polar surface area (TPSA) is 25.8 Å². The van der Waals surface area contributed by atoms with Crippen molar-refractivity contribution in [3.8, 4) is 89.5 Å². The van der Waals surface area contributed by atoms with Gasteiger partial charge >= 0.3 is 0 Å². The zero-order valence-corrected chi connectivity index (χ0v) is 30.5. The normalized spacial score (nSPS) is 11.6. The molecule has 0 radical (unpaired) electrons. The molecule has 0 atom stereocenters. The summed E-state index contributed by atoms with van der Waals surface area (Å²) >= 11 is 0. The van der Waals surface area contributed by atoms with Crippen LogP contribution in [0.2, 0.25) is 0 Å². The molecule has 0 bridgehead atoms. The summed E-state index contributed by atoms with van der Waals surface area (Å²) in [6.07, 6.45) is 0. The van der Waals surface area contributed by atoms with Crippen molar-refractivity contribution in [1.29, 1.82) is 0 Å². The van der Waals surface area contributed by atoms with Crippen molar-refractivity contribution in [2.45, 2.75) is 0 Å². The number of aromatic nitrogens is 2. The van der Waals surface area contributed by atoms with Gasteiger partial charge in [0.1, 0.15) is 0 Å². The van der Waals surface area contributed by atoms with Crippen LogP contribution in [-0.2, 0) is 0 Å². The molecule has 0 saturated heterocycles. The van der Waals surface area contributed by atoms with Gasteiger partial charge < -0.3 is 0 Å². The number of fused-ring (bicyclic) bond motifs is 4. The Hall–Kier alpha value is -7.42. The van der Waals surface area contributed by atoms with Crippen molar-refractivity contribution < 1.29 is 0 Å². The molecule has 56 heavy (non-hydrogen) atoms. The molecule has 2 nitrogen and oxygen atoms in total. The van der Waals surface area contributed by atoms with Gasteiger partial charge in [-0.1, -0.05) is 194 Å². The lowest BCUT2D eigenvalue weighted by atomic mass is 9.88. The molecule has 0 N–H and O–H groups in total. The van der Waals surface area contributed by atoms with E-state index in [2.05, 4.69) is 182 Å². The molecule has 1 aliphatic rings. The van der Waals surface area contributed by atoms with Gasteiger partial charge in [0.25, 0.3) is 0 Å². The van der Waals surface area contributed by atoms with Gasteiger partial charge in [-0.05, 0) is 89.3 Å². The van der Waals surface area contributed by atoms with Gasteiger partial charge in [0.2, 0.25) is 0 Å². The first-order valence-electron chi connectivity index (χ1n) is 19.1. The summed E-state index contributed by atoms with van der Waals surface area (Å²) in [7, 11) is 0. The number of nitrogens with zero attached hydrogens (tertiary/aromatic N) is 2. The summed E-state index contributed by atoms with van der Waals surface area (Å²) in [5.74, 6) is 0.716. The lowest BCUT2D eigenvalue weighted by molar-refractivity contribution is 1.18. The van der Waals surface area contributed by atoms with Crippen molar-refractivity contribution in [2.24, 2.45) is 0 Å². The highest BCUT2D eigenvalue weighted by Gasteiger charge is 2.21. The Kier molecular flexibility index (Phi) is 7.53. The van der Waals surface area contributed by atoms with Gasteiger partial charge in [0.05, 0.1) is 11.4 Å². The average molecular weight is 711 g/mol. The molecule has 1 aromatic heterocycles. The molecule has 0 spiro atoms. The molecule has 0 fully saturated rings. The molecular weight excluding hydrogens is 677 g/mol. The maximum absolute atomic E-state index is 5.08. The minimum absolute atomic E-state index is 0.716. The van der Waals surface area contributed by atoms with Crippen LogP contribution in [0.3, 0.4) is 0 Å². The summed E-state index contributed by atoms with van der Waals surface area (Å²) in [5, 5.41) is 5.11. The summed E-state index contributed by atoms with van der Waals surface area (Å²) in [6.45, 7) is 0. The van der Waals surface area contributed by atoms with E-state index in [-0.39, 0.29) is 0 Å². The molecule has 260 valence electrons. The summed E-state index contributed by atoms with van der Waals surface area (Å²) in [4.78, 5) is 10.1. The van der Waals surface area contributed by atoms with Crippen molar-refractivity contribution in [1.82, 2.24) is 9.97 Å². The van der Waals surface area contributed by atoms with Crippen LogP contribution in [0, 0.1) is 0 Å². The average Bonchev–Trinajstić information content (AvgIpc) is 3.60. The number of benzene rings is 9. The van der Waals surface area contributed by atoms with Crippen molar-refractivity contribution in [3.63, 3.8) is 0 Å². The third-order valence-electron chi connectivity index (χ3n) is 11.3. The Bertz CT molecular complexity index is 3030. The van der Waals surface area contributed by atoms with Crippen LogP contribution in [0.25, 0.3) is 111 Å².